The van der Waals surface area contributed by atoms with Crippen molar-refractivity contribution in [1.82, 2.24) is 5.16 Å². The number of aromatic nitrogens is 1. The molecule has 0 radical (unpaired) electrons. The lowest BCUT2D eigenvalue weighted by Crippen LogP contribution is -2.38. The van der Waals surface area contributed by atoms with Crippen molar-refractivity contribution in [2.24, 2.45) is 0 Å². The van der Waals surface area contributed by atoms with Crippen molar-refractivity contribution >= 4 is 5.88 Å². The Labute approximate surface area is 110 Å². The van der Waals surface area contributed by atoms with Gasteiger partial charge in [0.15, 0.2) is 11.5 Å². The summed E-state index contributed by atoms with van der Waals surface area (Å²) >= 11 is 0. The molecule has 1 fully saturated rings. The molecule has 1 aliphatic heterocycles. The smallest absolute Gasteiger partial charge is 0.222 e. The van der Waals surface area contributed by atoms with Crippen LogP contribution < -0.4 is 15.2 Å². The first-order chi connectivity index (χ1) is 9.26. The molecule has 2 N–H and O–H groups in total. The van der Waals surface area contributed by atoms with Crippen LogP contribution in [0.5, 0.6) is 11.5 Å². The summed E-state index contributed by atoms with van der Waals surface area (Å²) in [5.74, 6) is 1.61. The molecule has 0 bridgehead atoms. The van der Waals surface area contributed by atoms with Crippen LogP contribution in [0.2, 0.25) is 0 Å². The Kier molecular flexibility index (Phi) is 3.00. The van der Waals surface area contributed by atoms with Crippen LogP contribution in [-0.2, 0) is 4.74 Å². The normalized spacial score (nSPS) is 15.0. The van der Waals surface area contributed by atoms with E-state index in [1.807, 2.05) is 18.2 Å². The highest BCUT2D eigenvalue weighted by atomic mass is 16.6. The molecule has 100 valence electrons. The van der Waals surface area contributed by atoms with Gasteiger partial charge in [0, 0.05) is 11.6 Å². The number of hydrogen-bond acceptors (Lipinski definition) is 6. The Bertz CT molecular complexity index is 578. The number of rotatable bonds is 4. The van der Waals surface area contributed by atoms with Crippen LogP contribution >= 0.6 is 0 Å². The summed E-state index contributed by atoms with van der Waals surface area (Å²) < 4.78 is 21.0. The molecule has 6 nitrogen and oxygen atoms in total. The molecule has 1 aromatic carbocycles. The maximum absolute atomic E-state index is 5.80. The highest BCUT2D eigenvalue weighted by Crippen LogP contribution is 2.33. The van der Waals surface area contributed by atoms with Crippen molar-refractivity contribution < 1.29 is 18.7 Å². The maximum atomic E-state index is 5.80. The lowest BCUT2D eigenvalue weighted by atomic mass is 10.1. The van der Waals surface area contributed by atoms with E-state index in [2.05, 4.69) is 5.16 Å². The average molecular weight is 262 g/mol. The zero-order chi connectivity index (χ0) is 13.2. The van der Waals surface area contributed by atoms with E-state index in [0.717, 1.165) is 5.56 Å². The topological polar surface area (TPSA) is 79.7 Å². The second-order valence-electron chi connectivity index (χ2n) is 4.26. The number of anilines is 1. The lowest BCUT2D eigenvalue weighted by Gasteiger charge is -2.27. The summed E-state index contributed by atoms with van der Waals surface area (Å²) in [7, 11) is 1.60. The molecule has 1 aliphatic rings. The third-order valence-corrected chi connectivity index (χ3v) is 2.89. The third kappa shape index (κ3) is 2.34. The van der Waals surface area contributed by atoms with E-state index in [1.54, 1.807) is 13.2 Å². The molecule has 6 heteroatoms. The summed E-state index contributed by atoms with van der Waals surface area (Å²) in [6.45, 7) is 1.20. The number of hydrogen-bond donors (Lipinski definition) is 1. The minimum absolute atomic E-state index is 0.0755. The fourth-order valence-electron chi connectivity index (χ4n) is 1.82. The van der Waals surface area contributed by atoms with Crippen molar-refractivity contribution in [2.45, 2.75) is 6.10 Å². The second-order valence-corrected chi connectivity index (χ2v) is 4.26. The molecular formula is C13H14N2O4. The SMILES string of the molecule is COc1ccc(-c2cc(N)on2)cc1OC1COC1. The van der Waals surface area contributed by atoms with E-state index in [0.29, 0.717) is 30.4 Å². The molecule has 3 rings (SSSR count). The van der Waals surface area contributed by atoms with Gasteiger partial charge in [0.25, 0.3) is 0 Å². The predicted octanol–water partition coefficient (Wildman–Crippen LogP) is 1.71. The van der Waals surface area contributed by atoms with Gasteiger partial charge in [-0.25, -0.2) is 0 Å². The third-order valence-electron chi connectivity index (χ3n) is 2.89. The zero-order valence-electron chi connectivity index (χ0n) is 10.5. The second kappa shape index (κ2) is 4.81. The molecule has 1 saturated heterocycles. The number of ether oxygens (including phenoxy) is 3. The van der Waals surface area contributed by atoms with E-state index in [1.165, 1.54) is 0 Å². The average Bonchev–Trinajstić information content (AvgIpc) is 2.80. The van der Waals surface area contributed by atoms with Crippen LogP contribution in [-0.4, -0.2) is 31.6 Å². The minimum atomic E-state index is 0.0755. The molecule has 0 amide bonds. The van der Waals surface area contributed by atoms with Gasteiger partial charge < -0.3 is 24.5 Å². The van der Waals surface area contributed by atoms with E-state index >= 15 is 0 Å². The van der Waals surface area contributed by atoms with E-state index in [-0.39, 0.29) is 12.0 Å². The number of nitrogen functional groups attached to an aromatic ring is 1. The van der Waals surface area contributed by atoms with Gasteiger partial charge >= 0.3 is 0 Å². The minimum Gasteiger partial charge on any atom is -0.493 e. The summed E-state index contributed by atoms with van der Waals surface area (Å²) in [5.41, 5.74) is 7.04. The van der Waals surface area contributed by atoms with Crippen LogP contribution in [0.4, 0.5) is 5.88 Å². The van der Waals surface area contributed by atoms with Gasteiger partial charge in [0.2, 0.25) is 5.88 Å². The Morgan fingerprint density at radius 3 is 2.68 bits per heavy atom. The lowest BCUT2D eigenvalue weighted by molar-refractivity contribution is -0.0803. The Morgan fingerprint density at radius 1 is 1.26 bits per heavy atom. The summed E-state index contributed by atoms with van der Waals surface area (Å²) in [4.78, 5) is 0. The molecule has 1 aromatic heterocycles. The number of methoxy groups -OCH3 is 1. The Hall–Kier alpha value is -2.21. The van der Waals surface area contributed by atoms with Crippen LogP contribution in [0.15, 0.2) is 28.8 Å². The predicted molar refractivity (Wildman–Crippen MR) is 68.1 cm³/mol. The van der Waals surface area contributed by atoms with Crippen LogP contribution in [0.25, 0.3) is 11.3 Å². The summed E-state index contributed by atoms with van der Waals surface area (Å²) in [5, 5.41) is 3.87. The van der Waals surface area contributed by atoms with Crippen molar-refractivity contribution in [2.75, 3.05) is 26.1 Å². The standard InChI is InChI=1S/C13H14N2O4/c1-16-11-3-2-8(10-5-13(14)19-15-10)4-12(11)18-9-6-17-7-9/h2-5,9H,6-7,14H2,1H3. The number of benzene rings is 1. The largest absolute Gasteiger partial charge is 0.493 e. The van der Waals surface area contributed by atoms with Crippen molar-refractivity contribution in [1.29, 1.82) is 0 Å². The molecule has 0 saturated carbocycles. The molecule has 2 heterocycles. The van der Waals surface area contributed by atoms with Crippen molar-refractivity contribution in [3.8, 4) is 22.8 Å². The van der Waals surface area contributed by atoms with E-state index < -0.39 is 0 Å². The molecular weight excluding hydrogens is 248 g/mol. The Morgan fingerprint density at radius 2 is 2.11 bits per heavy atom. The molecule has 19 heavy (non-hydrogen) atoms. The number of nitrogens with two attached hydrogens (primary N) is 1. The van der Waals surface area contributed by atoms with Gasteiger partial charge in [-0.1, -0.05) is 5.16 Å². The molecule has 0 spiro atoms. The van der Waals surface area contributed by atoms with Gasteiger partial charge in [0.05, 0.1) is 20.3 Å². The van der Waals surface area contributed by atoms with Gasteiger partial charge in [0.1, 0.15) is 11.8 Å². The first-order valence-corrected chi connectivity index (χ1v) is 5.91. The quantitative estimate of drug-likeness (QED) is 0.903. The highest BCUT2D eigenvalue weighted by Gasteiger charge is 2.22. The summed E-state index contributed by atoms with van der Waals surface area (Å²) in [6, 6.07) is 7.22. The monoisotopic (exact) mass is 262 g/mol. The van der Waals surface area contributed by atoms with Crippen molar-refractivity contribution in [3.05, 3.63) is 24.3 Å². The van der Waals surface area contributed by atoms with Crippen LogP contribution in [0.1, 0.15) is 0 Å². The van der Waals surface area contributed by atoms with Gasteiger partial charge in [-0.3, -0.25) is 0 Å². The van der Waals surface area contributed by atoms with E-state index in [9.17, 15) is 0 Å². The molecule has 0 unspecified atom stereocenters. The fourth-order valence-corrected chi connectivity index (χ4v) is 1.82. The molecule has 2 aromatic rings. The maximum Gasteiger partial charge on any atom is 0.222 e. The fraction of sp³-hybridized carbons (Fsp3) is 0.308. The van der Waals surface area contributed by atoms with Crippen LogP contribution in [0, 0.1) is 0 Å². The first-order valence-electron chi connectivity index (χ1n) is 5.91. The van der Waals surface area contributed by atoms with Gasteiger partial charge in [-0.15, -0.1) is 0 Å². The Balaban J connectivity index is 1.91. The highest BCUT2D eigenvalue weighted by molar-refractivity contribution is 5.65. The zero-order valence-corrected chi connectivity index (χ0v) is 10.5. The molecule has 0 aliphatic carbocycles. The summed E-state index contributed by atoms with van der Waals surface area (Å²) in [6.07, 6.45) is 0.0755. The first kappa shape index (κ1) is 11.9. The van der Waals surface area contributed by atoms with Gasteiger partial charge in [-0.2, -0.15) is 0 Å². The molecule has 0 atom stereocenters. The van der Waals surface area contributed by atoms with Crippen LogP contribution in [0.3, 0.4) is 0 Å². The number of nitrogens with zero attached hydrogens (tertiary/aromatic N) is 1. The van der Waals surface area contributed by atoms with E-state index in [4.69, 9.17) is 24.5 Å². The van der Waals surface area contributed by atoms with Crippen molar-refractivity contribution in [3.63, 3.8) is 0 Å². The van der Waals surface area contributed by atoms with Gasteiger partial charge in [-0.05, 0) is 18.2 Å².